The summed E-state index contributed by atoms with van der Waals surface area (Å²) in [6.45, 7) is 0. The smallest absolute Gasteiger partial charge is 0.0246 e. The molecule has 0 bridgehead atoms. The van der Waals surface area contributed by atoms with E-state index < -0.39 is 0 Å². The number of hydrazine groups is 1. The molecule has 16 heavy (non-hydrogen) atoms. The molecule has 2 nitrogen and oxygen atoms in total. The first-order valence-corrected chi connectivity index (χ1v) is 7.36. The second-order valence-electron chi connectivity index (χ2n) is 6.35. The van der Waals surface area contributed by atoms with Crippen LogP contribution >= 0.6 is 0 Å². The molecule has 3 rings (SSSR count). The van der Waals surface area contributed by atoms with Gasteiger partial charge in [0.15, 0.2) is 0 Å². The van der Waals surface area contributed by atoms with Crippen LogP contribution in [-0.2, 0) is 0 Å². The average Bonchev–Trinajstić information content (AvgIpc) is 2.81. The molecule has 0 radical (unpaired) electrons. The van der Waals surface area contributed by atoms with E-state index in [-0.39, 0.29) is 0 Å². The largest absolute Gasteiger partial charge is 0.271 e. The zero-order valence-electron chi connectivity index (χ0n) is 10.3. The Hall–Kier alpha value is -0.0800. The van der Waals surface area contributed by atoms with E-state index >= 15 is 0 Å². The lowest BCUT2D eigenvalue weighted by Gasteiger charge is -2.27. The molecule has 3 unspecified atom stereocenters. The first-order valence-electron chi connectivity index (χ1n) is 7.36. The lowest BCUT2D eigenvalue weighted by atomic mass is 9.83. The maximum absolute atomic E-state index is 5.78. The highest BCUT2D eigenvalue weighted by Crippen LogP contribution is 2.59. The van der Waals surface area contributed by atoms with Crippen LogP contribution in [-0.4, -0.2) is 6.04 Å². The summed E-state index contributed by atoms with van der Waals surface area (Å²) in [7, 11) is 0. The van der Waals surface area contributed by atoms with Crippen LogP contribution in [0.15, 0.2) is 0 Å². The molecule has 0 heterocycles. The summed E-state index contributed by atoms with van der Waals surface area (Å²) >= 11 is 0. The Morgan fingerprint density at radius 1 is 0.938 bits per heavy atom. The molecule has 3 atom stereocenters. The molecule has 0 amide bonds. The quantitative estimate of drug-likeness (QED) is 0.567. The Morgan fingerprint density at radius 2 is 1.62 bits per heavy atom. The minimum absolute atomic E-state index is 0.637. The van der Waals surface area contributed by atoms with Gasteiger partial charge in [-0.15, -0.1) is 0 Å². The van der Waals surface area contributed by atoms with Gasteiger partial charge in [0, 0.05) is 6.04 Å². The third-order valence-electron chi connectivity index (χ3n) is 5.46. The van der Waals surface area contributed by atoms with Crippen molar-refractivity contribution in [2.24, 2.45) is 29.5 Å². The first kappa shape index (κ1) is 11.0. The van der Waals surface area contributed by atoms with Crippen LogP contribution in [0.2, 0.25) is 0 Å². The second kappa shape index (κ2) is 4.66. The van der Waals surface area contributed by atoms with E-state index in [4.69, 9.17) is 5.84 Å². The normalized spacial score (nSPS) is 40.7. The number of nitrogens with one attached hydrogen (secondary N) is 1. The Labute approximate surface area is 99.3 Å². The molecule has 0 aliphatic heterocycles. The van der Waals surface area contributed by atoms with E-state index in [1.165, 1.54) is 57.8 Å². The molecule has 3 aliphatic carbocycles. The molecular formula is C14H26N2. The van der Waals surface area contributed by atoms with Gasteiger partial charge in [-0.25, -0.2) is 0 Å². The van der Waals surface area contributed by atoms with Crippen LogP contribution < -0.4 is 11.3 Å². The lowest BCUT2D eigenvalue weighted by Crippen LogP contribution is -2.39. The number of hydrogen-bond acceptors (Lipinski definition) is 2. The molecule has 3 aliphatic rings. The van der Waals surface area contributed by atoms with Gasteiger partial charge in [-0.3, -0.25) is 11.3 Å². The second-order valence-corrected chi connectivity index (χ2v) is 6.35. The van der Waals surface area contributed by atoms with Crippen LogP contribution in [0.4, 0.5) is 0 Å². The van der Waals surface area contributed by atoms with E-state index in [9.17, 15) is 0 Å². The summed E-state index contributed by atoms with van der Waals surface area (Å²) in [4.78, 5) is 0. The van der Waals surface area contributed by atoms with Gasteiger partial charge in [-0.1, -0.05) is 38.5 Å². The van der Waals surface area contributed by atoms with Crippen LogP contribution in [0.25, 0.3) is 0 Å². The average molecular weight is 222 g/mol. The summed E-state index contributed by atoms with van der Waals surface area (Å²) in [6, 6.07) is 0.637. The molecule has 0 aromatic carbocycles. The fourth-order valence-corrected chi connectivity index (χ4v) is 4.59. The van der Waals surface area contributed by atoms with Gasteiger partial charge >= 0.3 is 0 Å². The molecule has 3 N–H and O–H groups in total. The summed E-state index contributed by atoms with van der Waals surface area (Å²) in [5, 5.41) is 0. The fourth-order valence-electron chi connectivity index (χ4n) is 4.59. The summed E-state index contributed by atoms with van der Waals surface area (Å²) in [5.41, 5.74) is 3.14. The number of hydrogen-bond donors (Lipinski definition) is 2. The van der Waals surface area contributed by atoms with Crippen molar-refractivity contribution in [1.29, 1.82) is 0 Å². The maximum atomic E-state index is 5.78. The van der Waals surface area contributed by atoms with Crippen molar-refractivity contribution in [3.63, 3.8) is 0 Å². The maximum Gasteiger partial charge on any atom is 0.0246 e. The van der Waals surface area contributed by atoms with Gasteiger partial charge in [0.2, 0.25) is 0 Å². The van der Waals surface area contributed by atoms with Gasteiger partial charge in [-0.2, -0.15) is 0 Å². The van der Waals surface area contributed by atoms with Gasteiger partial charge in [0.05, 0.1) is 0 Å². The zero-order chi connectivity index (χ0) is 11.0. The molecule has 3 fully saturated rings. The van der Waals surface area contributed by atoms with E-state index in [1.807, 2.05) is 0 Å². The molecule has 0 saturated heterocycles. The van der Waals surface area contributed by atoms with Gasteiger partial charge in [-0.05, 0) is 42.9 Å². The summed E-state index contributed by atoms with van der Waals surface area (Å²) in [5.74, 6) is 9.79. The van der Waals surface area contributed by atoms with E-state index in [0.29, 0.717) is 6.04 Å². The number of fused-ring (bicyclic) bond motifs is 1. The van der Waals surface area contributed by atoms with Crippen molar-refractivity contribution in [3.05, 3.63) is 0 Å². The molecule has 0 spiro atoms. The highest BCUT2D eigenvalue weighted by molar-refractivity contribution is 5.06. The Balaban J connectivity index is 1.51. The number of nitrogens with two attached hydrogens (primary N) is 1. The van der Waals surface area contributed by atoms with E-state index in [1.54, 1.807) is 0 Å². The molecule has 0 aromatic heterocycles. The van der Waals surface area contributed by atoms with Gasteiger partial charge in [0.25, 0.3) is 0 Å². The number of rotatable bonds is 4. The lowest BCUT2D eigenvalue weighted by molar-refractivity contribution is 0.272. The molecular weight excluding hydrogens is 196 g/mol. The Morgan fingerprint density at radius 3 is 2.25 bits per heavy atom. The summed E-state index contributed by atoms with van der Waals surface area (Å²) < 4.78 is 0. The van der Waals surface area contributed by atoms with E-state index in [0.717, 1.165) is 23.7 Å². The molecule has 92 valence electrons. The third-order valence-corrected chi connectivity index (χ3v) is 5.46. The Bertz CT molecular complexity index is 225. The van der Waals surface area contributed by atoms with Crippen molar-refractivity contribution >= 4 is 0 Å². The third kappa shape index (κ3) is 2.02. The molecule has 3 saturated carbocycles. The van der Waals surface area contributed by atoms with Crippen LogP contribution in [0.5, 0.6) is 0 Å². The standard InChI is InChI=1S/C14H26N2/c15-16-13(9-10-5-2-1-3-6-10)14-11-7-4-8-12(11)14/h10-14,16H,1-9,15H2. The van der Waals surface area contributed by atoms with Crippen molar-refractivity contribution in [3.8, 4) is 0 Å². The van der Waals surface area contributed by atoms with Gasteiger partial charge in [0.1, 0.15) is 0 Å². The van der Waals surface area contributed by atoms with Crippen molar-refractivity contribution in [2.75, 3.05) is 0 Å². The van der Waals surface area contributed by atoms with Gasteiger partial charge < -0.3 is 0 Å². The fraction of sp³-hybridized carbons (Fsp3) is 1.00. The van der Waals surface area contributed by atoms with E-state index in [2.05, 4.69) is 5.43 Å². The highest BCUT2D eigenvalue weighted by Gasteiger charge is 2.55. The minimum atomic E-state index is 0.637. The Kier molecular flexibility index (Phi) is 3.21. The van der Waals surface area contributed by atoms with Crippen molar-refractivity contribution in [1.82, 2.24) is 5.43 Å². The minimum Gasteiger partial charge on any atom is -0.271 e. The van der Waals surface area contributed by atoms with Crippen LogP contribution in [0.3, 0.4) is 0 Å². The zero-order valence-corrected chi connectivity index (χ0v) is 10.3. The highest BCUT2D eigenvalue weighted by atomic mass is 15.2. The van der Waals surface area contributed by atoms with Crippen LogP contribution in [0, 0.1) is 23.7 Å². The first-order chi connectivity index (χ1) is 7.90. The monoisotopic (exact) mass is 222 g/mol. The molecule has 0 aromatic rings. The predicted octanol–water partition coefficient (Wildman–Crippen LogP) is 2.83. The predicted molar refractivity (Wildman–Crippen MR) is 66.6 cm³/mol. The summed E-state index contributed by atoms with van der Waals surface area (Å²) in [6.07, 6.45) is 13.1. The van der Waals surface area contributed by atoms with Crippen molar-refractivity contribution < 1.29 is 0 Å². The SMILES string of the molecule is NNC(CC1CCCCC1)C1C2CCCC21. The van der Waals surface area contributed by atoms with Crippen LogP contribution in [0.1, 0.15) is 57.8 Å². The van der Waals surface area contributed by atoms with Crippen molar-refractivity contribution in [2.45, 2.75) is 63.8 Å². The topological polar surface area (TPSA) is 38.0 Å². The molecule has 2 heteroatoms.